The number of amidine groups is 1. The topological polar surface area (TPSA) is 33.6 Å². The number of unbranched alkanes of at least 4 members (excludes halogenated alkanes) is 1. The predicted octanol–water partition coefficient (Wildman–Crippen LogP) is 3.76. The van der Waals surface area contributed by atoms with Gasteiger partial charge in [0.25, 0.3) is 0 Å². The lowest BCUT2D eigenvalue weighted by Crippen LogP contribution is -2.27. The average Bonchev–Trinajstić information content (AvgIpc) is 2.94. The van der Waals surface area contributed by atoms with E-state index in [1.807, 2.05) is 0 Å². The summed E-state index contributed by atoms with van der Waals surface area (Å²) in [6.07, 6.45) is 2.23. The van der Waals surface area contributed by atoms with Gasteiger partial charge in [0.15, 0.2) is 0 Å². The smallest absolute Gasteiger partial charge is 0.129 e. The zero-order chi connectivity index (χ0) is 14.7. The molecule has 1 aliphatic heterocycles. The number of nitrogens with zero attached hydrogens (tertiary/aromatic N) is 1. The third kappa shape index (κ3) is 2.87. The summed E-state index contributed by atoms with van der Waals surface area (Å²) < 4.78 is 5.94. The molecule has 3 nitrogen and oxygen atoms in total. The van der Waals surface area contributed by atoms with Gasteiger partial charge in [0.2, 0.25) is 0 Å². The standard InChI is InChI=1S/C18H22N2O/c1-3-4-11-21-17-10-9-16(18-19-12-13(2)20-18)14-7-5-6-8-15(14)17/h5-10,13H,3-4,11-12H2,1-2H3,(H,19,20). The fourth-order valence-corrected chi connectivity index (χ4v) is 2.65. The Kier molecular flexibility index (Phi) is 4.09. The molecule has 0 amide bonds. The largest absolute Gasteiger partial charge is 0.493 e. The molecule has 0 saturated heterocycles. The Morgan fingerprint density at radius 2 is 2.00 bits per heavy atom. The Hall–Kier alpha value is -2.03. The maximum absolute atomic E-state index is 5.94. The van der Waals surface area contributed by atoms with E-state index in [9.17, 15) is 0 Å². The molecule has 1 unspecified atom stereocenters. The van der Waals surface area contributed by atoms with E-state index in [2.05, 4.69) is 60.6 Å². The number of ether oxygens (including phenoxy) is 1. The summed E-state index contributed by atoms with van der Waals surface area (Å²) in [5, 5.41) is 5.81. The highest BCUT2D eigenvalue weighted by Gasteiger charge is 2.17. The molecular formula is C18H22N2O. The van der Waals surface area contributed by atoms with Gasteiger partial charge in [-0.3, -0.25) is 4.99 Å². The molecule has 2 aromatic rings. The van der Waals surface area contributed by atoms with Crippen LogP contribution in [0.1, 0.15) is 32.3 Å². The second-order valence-corrected chi connectivity index (χ2v) is 5.59. The Bertz CT molecular complexity index is 663. The molecule has 0 spiro atoms. The van der Waals surface area contributed by atoms with Gasteiger partial charge in [0.05, 0.1) is 13.2 Å². The van der Waals surface area contributed by atoms with Gasteiger partial charge in [0.1, 0.15) is 11.6 Å². The van der Waals surface area contributed by atoms with Crippen LogP contribution in [-0.4, -0.2) is 25.0 Å². The Balaban J connectivity index is 1.98. The molecule has 0 radical (unpaired) electrons. The highest BCUT2D eigenvalue weighted by atomic mass is 16.5. The highest BCUT2D eigenvalue weighted by Crippen LogP contribution is 2.29. The maximum atomic E-state index is 5.94. The van der Waals surface area contributed by atoms with E-state index in [0.29, 0.717) is 6.04 Å². The first-order valence-corrected chi connectivity index (χ1v) is 7.75. The van der Waals surface area contributed by atoms with Crippen molar-refractivity contribution in [3.05, 3.63) is 42.0 Å². The van der Waals surface area contributed by atoms with Crippen molar-refractivity contribution >= 4 is 16.6 Å². The van der Waals surface area contributed by atoms with Crippen molar-refractivity contribution in [2.75, 3.05) is 13.2 Å². The third-order valence-corrected chi connectivity index (χ3v) is 3.80. The van der Waals surface area contributed by atoms with Crippen LogP contribution in [-0.2, 0) is 0 Å². The minimum absolute atomic E-state index is 0.416. The quantitative estimate of drug-likeness (QED) is 0.847. The van der Waals surface area contributed by atoms with Gasteiger partial charge >= 0.3 is 0 Å². The van der Waals surface area contributed by atoms with Gasteiger partial charge in [-0.1, -0.05) is 37.6 Å². The Morgan fingerprint density at radius 1 is 1.19 bits per heavy atom. The molecule has 3 heteroatoms. The van der Waals surface area contributed by atoms with Crippen molar-refractivity contribution in [2.45, 2.75) is 32.7 Å². The van der Waals surface area contributed by atoms with Crippen LogP contribution in [0.15, 0.2) is 41.4 Å². The van der Waals surface area contributed by atoms with E-state index < -0.39 is 0 Å². The third-order valence-electron chi connectivity index (χ3n) is 3.80. The van der Waals surface area contributed by atoms with E-state index in [0.717, 1.165) is 48.5 Å². The van der Waals surface area contributed by atoms with Crippen LogP contribution in [0.3, 0.4) is 0 Å². The lowest BCUT2D eigenvalue weighted by molar-refractivity contribution is 0.313. The van der Waals surface area contributed by atoms with E-state index in [1.165, 1.54) is 5.39 Å². The van der Waals surface area contributed by atoms with Gasteiger partial charge in [0, 0.05) is 17.0 Å². The molecule has 1 N–H and O–H groups in total. The van der Waals surface area contributed by atoms with Gasteiger partial charge in [-0.2, -0.15) is 0 Å². The van der Waals surface area contributed by atoms with Crippen molar-refractivity contribution in [3.63, 3.8) is 0 Å². The molecule has 0 aliphatic carbocycles. The summed E-state index contributed by atoms with van der Waals surface area (Å²) in [5.74, 6) is 1.97. The maximum Gasteiger partial charge on any atom is 0.129 e. The van der Waals surface area contributed by atoms with Crippen LogP contribution >= 0.6 is 0 Å². The second kappa shape index (κ2) is 6.17. The van der Waals surface area contributed by atoms with E-state index in [4.69, 9.17) is 4.74 Å². The van der Waals surface area contributed by atoms with Crippen LogP contribution in [0, 0.1) is 0 Å². The zero-order valence-corrected chi connectivity index (χ0v) is 12.7. The highest BCUT2D eigenvalue weighted by molar-refractivity contribution is 6.11. The molecule has 0 saturated carbocycles. The number of hydrogen-bond donors (Lipinski definition) is 1. The molecule has 1 heterocycles. The van der Waals surface area contributed by atoms with Gasteiger partial charge in [-0.05, 0) is 30.9 Å². The first-order chi connectivity index (χ1) is 10.3. The first kappa shape index (κ1) is 13.9. The predicted molar refractivity (Wildman–Crippen MR) is 88.4 cm³/mol. The van der Waals surface area contributed by atoms with Crippen LogP contribution in [0.2, 0.25) is 0 Å². The van der Waals surface area contributed by atoms with E-state index >= 15 is 0 Å². The zero-order valence-electron chi connectivity index (χ0n) is 12.7. The summed E-state index contributed by atoms with van der Waals surface area (Å²) in [4.78, 5) is 4.61. The van der Waals surface area contributed by atoms with Crippen molar-refractivity contribution in [3.8, 4) is 5.75 Å². The summed E-state index contributed by atoms with van der Waals surface area (Å²) in [6.45, 7) is 5.95. The monoisotopic (exact) mass is 282 g/mol. The number of nitrogens with one attached hydrogen (secondary N) is 1. The molecule has 110 valence electrons. The molecule has 1 atom stereocenters. The molecule has 21 heavy (non-hydrogen) atoms. The molecule has 0 aromatic heterocycles. The SMILES string of the molecule is CCCCOc1ccc(C2=NCC(C)N2)c2ccccc12. The second-order valence-electron chi connectivity index (χ2n) is 5.59. The number of benzene rings is 2. The Labute approximate surface area is 126 Å². The van der Waals surface area contributed by atoms with Gasteiger partial charge in [-0.15, -0.1) is 0 Å². The average molecular weight is 282 g/mol. The summed E-state index contributed by atoms with van der Waals surface area (Å²) in [5.41, 5.74) is 1.16. The minimum Gasteiger partial charge on any atom is -0.493 e. The van der Waals surface area contributed by atoms with Gasteiger partial charge in [-0.25, -0.2) is 0 Å². The molecule has 0 bridgehead atoms. The molecule has 2 aromatic carbocycles. The lowest BCUT2D eigenvalue weighted by atomic mass is 10.0. The number of hydrogen-bond acceptors (Lipinski definition) is 3. The fraction of sp³-hybridized carbons (Fsp3) is 0.389. The first-order valence-electron chi connectivity index (χ1n) is 7.75. The summed E-state index contributed by atoms with van der Waals surface area (Å²) in [6, 6.07) is 13.0. The van der Waals surface area contributed by atoms with Crippen LogP contribution < -0.4 is 10.1 Å². The fourth-order valence-electron chi connectivity index (χ4n) is 2.65. The number of fused-ring (bicyclic) bond motifs is 1. The van der Waals surface area contributed by atoms with E-state index in [1.54, 1.807) is 0 Å². The Morgan fingerprint density at radius 3 is 2.71 bits per heavy atom. The van der Waals surface area contributed by atoms with Crippen LogP contribution in [0.4, 0.5) is 0 Å². The van der Waals surface area contributed by atoms with Crippen LogP contribution in [0.25, 0.3) is 10.8 Å². The molecular weight excluding hydrogens is 260 g/mol. The lowest BCUT2D eigenvalue weighted by Gasteiger charge is -2.13. The number of aliphatic imine (C=N–C) groups is 1. The number of rotatable bonds is 5. The minimum atomic E-state index is 0.416. The molecule has 0 fully saturated rings. The van der Waals surface area contributed by atoms with Gasteiger partial charge < -0.3 is 10.1 Å². The van der Waals surface area contributed by atoms with Crippen molar-refractivity contribution < 1.29 is 4.74 Å². The van der Waals surface area contributed by atoms with Crippen molar-refractivity contribution in [1.29, 1.82) is 0 Å². The molecule has 1 aliphatic rings. The van der Waals surface area contributed by atoms with Crippen molar-refractivity contribution in [1.82, 2.24) is 5.32 Å². The normalized spacial score (nSPS) is 17.6. The van der Waals surface area contributed by atoms with E-state index in [-0.39, 0.29) is 0 Å². The van der Waals surface area contributed by atoms with Crippen LogP contribution in [0.5, 0.6) is 5.75 Å². The molecule has 3 rings (SSSR count). The summed E-state index contributed by atoms with van der Waals surface area (Å²) in [7, 11) is 0. The summed E-state index contributed by atoms with van der Waals surface area (Å²) >= 11 is 0. The van der Waals surface area contributed by atoms with Crippen molar-refractivity contribution in [2.24, 2.45) is 4.99 Å².